The first-order chi connectivity index (χ1) is 10.9. The van der Waals surface area contributed by atoms with Crippen molar-refractivity contribution in [1.82, 2.24) is 0 Å². The van der Waals surface area contributed by atoms with Crippen LogP contribution in [0.25, 0.3) is 0 Å². The van der Waals surface area contributed by atoms with E-state index in [4.69, 9.17) is 4.74 Å². The van der Waals surface area contributed by atoms with Crippen molar-refractivity contribution in [1.29, 1.82) is 0 Å². The van der Waals surface area contributed by atoms with E-state index in [9.17, 15) is 13.2 Å². The number of nitrogens with one attached hydrogen (secondary N) is 2. The third-order valence-corrected chi connectivity index (χ3v) is 5.04. The number of sulfonamides is 1. The molecule has 2 aromatic rings. The van der Waals surface area contributed by atoms with E-state index in [1.165, 1.54) is 12.1 Å². The monoisotopic (exact) mass is 332 g/mol. The molecule has 2 N–H and O–H groups in total. The lowest BCUT2D eigenvalue weighted by molar-refractivity contribution is -0.115. The van der Waals surface area contributed by atoms with Gasteiger partial charge in [-0.1, -0.05) is 0 Å². The molecule has 3 rings (SSSR count). The molecule has 0 fully saturated rings. The third-order valence-electron chi connectivity index (χ3n) is 3.66. The highest BCUT2D eigenvalue weighted by Crippen LogP contribution is 2.28. The predicted octanol–water partition coefficient (Wildman–Crippen LogP) is 2.30. The summed E-state index contributed by atoms with van der Waals surface area (Å²) in [6.07, 6.45) is 0.195. The van der Waals surface area contributed by atoms with Gasteiger partial charge in [-0.15, -0.1) is 0 Å². The Balaban J connectivity index is 1.89. The van der Waals surface area contributed by atoms with Crippen LogP contribution in [-0.4, -0.2) is 21.4 Å². The zero-order valence-electron chi connectivity index (χ0n) is 12.7. The second kappa shape index (κ2) is 5.58. The summed E-state index contributed by atoms with van der Waals surface area (Å²) in [4.78, 5) is 11.5. The summed E-state index contributed by atoms with van der Waals surface area (Å²) in [6.45, 7) is 1.84. The first-order valence-corrected chi connectivity index (χ1v) is 8.47. The minimum atomic E-state index is -3.72. The maximum absolute atomic E-state index is 12.5. The number of methoxy groups -OCH3 is 1. The number of carbonyl (C=O) groups excluding carboxylic acids is 1. The zero-order chi connectivity index (χ0) is 16.6. The predicted molar refractivity (Wildman–Crippen MR) is 87.3 cm³/mol. The maximum Gasteiger partial charge on any atom is 0.261 e. The molecular formula is C16H16N2O4S. The molecule has 0 atom stereocenters. The molecule has 0 spiro atoms. The Morgan fingerprint density at radius 2 is 1.96 bits per heavy atom. The lowest BCUT2D eigenvalue weighted by Crippen LogP contribution is -2.13. The van der Waals surface area contributed by atoms with E-state index in [0.717, 1.165) is 5.56 Å². The van der Waals surface area contributed by atoms with Crippen LogP contribution in [0.1, 0.15) is 11.1 Å². The first kappa shape index (κ1) is 15.4. The summed E-state index contributed by atoms with van der Waals surface area (Å²) < 4.78 is 32.7. The van der Waals surface area contributed by atoms with Crippen molar-refractivity contribution in [3.63, 3.8) is 0 Å². The average molecular weight is 332 g/mol. The molecule has 0 aliphatic carbocycles. The topological polar surface area (TPSA) is 84.5 Å². The first-order valence-electron chi connectivity index (χ1n) is 6.99. The fourth-order valence-corrected chi connectivity index (χ4v) is 3.63. The Hall–Kier alpha value is -2.54. The number of carbonyl (C=O) groups is 1. The van der Waals surface area contributed by atoms with E-state index < -0.39 is 10.0 Å². The van der Waals surface area contributed by atoms with Crippen LogP contribution in [0.3, 0.4) is 0 Å². The van der Waals surface area contributed by atoms with Crippen molar-refractivity contribution in [2.75, 3.05) is 17.1 Å². The third kappa shape index (κ3) is 3.00. The number of anilines is 2. The van der Waals surface area contributed by atoms with Crippen LogP contribution in [-0.2, 0) is 21.2 Å². The summed E-state index contributed by atoms with van der Waals surface area (Å²) in [5.41, 5.74) is 2.63. The molecule has 120 valence electrons. The van der Waals surface area contributed by atoms with Gasteiger partial charge in [0.1, 0.15) is 5.75 Å². The lowest BCUT2D eigenvalue weighted by Gasteiger charge is -2.11. The Bertz CT molecular complexity index is 891. The number of aryl methyl sites for hydroxylation is 1. The highest BCUT2D eigenvalue weighted by Gasteiger charge is 2.22. The van der Waals surface area contributed by atoms with Gasteiger partial charge in [0.15, 0.2) is 0 Å². The molecule has 6 nitrogen and oxygen atoms in total. The quantitative estimate of drug-likeness (QED) is 0.900. The summed E-state index contributed by atoms with van der Waals surface area (Å²) in [5, 5.41) is 2.68. The molecule has 0 unspecified atom stereocenters. The Morgan fingerprint density at radius 3 is 2.65 bits per heavy atom. The SMILES string of the molecule is COc1ccc(NS(=O)(=O)c2ccc3c(c2)CC(=O)N3)cc1C. The van der Waals surface area contributed by atoms with Crippen LogP contribution in [0.15, 0.2) is 41.3 Å². The highest BCUT2D eigenvalue weighted by atomic mass is 32.2. The van der Waals surface area contributed by atoms with Gasteiger partial charge in [0.2, 0.25) is 5.91 Å². The molecule has 0 radical (unpaired) electrons. The fourth-order valence-electron chi connectivity index (χ4n) is 2.53. The molecule has 2 aromatic carbocycles. The van der Waals surface area contributed by atoms with Gasteiger partial charge in [-0.3, -0.25) is 9.52 Å². The molecule has 7 heteroatoms. The second-order valence-electron chi connectivity index (χ2n) is 5.33. The molecule has 1 amide bonds. The van der Waals surface area contributed by atoms with E-state index >= 15 is 0 Å². The number of amides is 1. The zero-order valence-corrected chi connectivity index (χ0v) is 13.5. The Labute approximate surface area is 134 Å². The summed E-state index contributed by atoms with van der Waals surface area (Å²) in [6, 6.07) is 9.65. The largest absolute Gasteiger partial charge is 0.496 e. The second-order valence-corrected chi connectivity index (χ2v) is 7.02. The van der Waals surface area contributed by atoms with Crippen molar-refractivity contribution in [2.24, 2.45) is 0 Å². The Kier molecular flexibility index (Phi) is 3.73. The molecule has 23 heavy (non-hydrogen) atoms. The van der Waals surface area contributed by atoms with Gasteiger partial charge >= 0.3 is 0 Å². The van der Waals surface area contributed by atoms with Crippen LogP contribution in [0.2, 0.25) is 0 Å². The standard InChI is InChI=1S/C16H16N2O4S/c1-10-7-12(3-6-15(10)22-2)18-23(20,21)13-4-5-14-11(8-13)9-16(19)17-14/h3-8,18H,9H2,1-2H3,(H,17,19). The van der Waals surface area contributed by atoms with Gasteiger partial charge in [0.05, 0.1) is 18.4 Å². The van der Waals surface area contributed by atoms with Gasteiger partial charge < -0.3 is 10.1 Å². The van der Waals surface area contributed by atoms with Crippen LogP contribution in [0.4, 0.5) is 11.4 Å². The van der Waals surface area contributed by atoms with E-state index in [-0.39, 0.29) is 17.2 Å². The number of benzene rings is 2. The molecule has 0 saturated carbocycles. The summed E-state index contributed by atoms with van der Waals surface area (Å²) in [7, 11) is -2.16. The normalized spacial score (nSPS) is 13.4. The van der Waals surface area contributed by atoms with Gasteiger partial charge in [-0.2, -0.15) is 0 Å². The number of ether oxygens (including phenoxy) is 1. The molecule has 1 aliphatic rings. The van der Waals surface area contributed by atoms with Crippen LogP contribution >= 0.6 is 0 Å². The van der Waals surface area contributed by atoms with Crippen molar-refractivity contribution in [2.45, 2.75) is 18.2 Å². The van der Waals surface area contributed by atoms with Crippen LogP contribution in [0, 0.1) is 6.92 Å². The van der Waals surface area contributed by atoms with Gasteiger partial charge in [0.25, 0.3) is 10.0 Å². The smallest absolute Gasteiger partial charge is 0.261 e. The van der Waals surface area contributed by atoms with Crippen molar-refractivity contribution in [3.05, 3.63) is 47.5 Å². The minimum absolute atomic E-state index is 0.126. The highest BCUT2D eigenvalue weighted by molar-refractivity contribution is 7.92. The number of hydrogen-bond acceptors (Lipinski definition) is 4. The van der Waals surface area contributed by atoms with Gasteiger partial charge in [-0.05, 0) is 54.4 Å². The summed E-state index contributed by atoms with van der Waals surface area (Å²) in [5.74, 6) is 0.559. The van der Waals surface area contributed by atoms with Crippen molar-refractivity contribution < 1.29 is 17.9 Å². The van der Waals surface area contributed by atoms with Crippen molar-refractivity contribution >= 4 is 27.3 Å². The molecule has 0 bridgehead atoms. The van der Waals surface area contributed by atoms with Crippen LogP contribution in [0.5, 0.6) is 5.75 Å². The minimum Gasteiger partial charge on any atom is -0.496 e. The van der Waals surface area contributed by atoms with E-state index in [2.05, 4.69) is 10.0 Å². The van der Waals surface area contributed by atoms with Gasteiger partial charge in [-0.25, -0.2) is 8.42 Å². The van der Waals surface area contributed by atoms with Crippen LogP contribution < -0.4 is 14.8 Å². The van der Waals surface area contributed by atoms with E-state index in [0.29, 0.717) is 22.7 Å². The number of hydrogen-bond donors (Lipinski definition) is 2. The maximum atomic E-state index is 12.5. The van der Waals surface area contributed by atoms with E-state index in [1.807, 2.05) is 6.92 Å². The number of fused-ring (bicyclic) bond motifs is 1. The fraction of sp³-hybridized carbons (Fsp3) is 0.188. The number of rotatable bonds is 4. The molecular weight excluding hydrogens is 316 g/mol. The average Bonchev–Trinajstić information content (AvgIpc) is 2.86. The van der Waals surface area contributed by atoms with Gasteiger partial charge in [0, 0.05) is 11.4 Å². The lowest BCUT2D eigenvalue weighted by atomic mass is 10.2. The Morgan fingerprint density at radius 1 is 1.17 bits per heavy atom. The molecule has 1 heterocycles. The summed E-state index contributed by atoms with van der Waals surface area (Å²) >= 11 is 0. The van der Waals surface area contributed by atoms with E-state index in [1.54, 1.807) is 31.4 Å². The molecule has 0 saturated heterocycles. The van der Waals surface area contributed by atoms with Crippen molar-refractivity contribution in [3.8, 4) is 5.75 Å². The molecule has 1 aliphatic heterocycles. The molecule has 0 aromatic heterocycles.